The van der Waals surface area contributed by atoms with Crippen LogP contribution in [0.2, 0.25) is 0 Å². The van der Waals surface area contributed by atoms with Gasteiger partial charge in [-0.15, -0.1) is 0 Å². The van der Waals surface area contributed by atoms with Crippen LogP contribution < -0.4 is 0 Å². The van der Waals surface area contributed by atoms with E-state index in [1.807, 2.05) is 0 Å². The first-order valence-electron chi connectivity index (χ1n) is 6.31. The predicted octanol–water partition coefficient (Wildman–Crippen LogP) is 3.81. The van der Waals surface area contributed by atoms with Crippen molar-refractivity contribution in [2.75, 3.05) is 13.1 Å². The van der Waals surface area contributed by atoms with Crippen molar-refractivity contribution in [1.82, 2.24) is 4.90 Å². The second kappa shape index (κ2) is 4.44. The normalized spacial score (nSPS) is 30.2. The zero-order valence-corrected chi connectivity index (χ0v) is 10.2. The van der Waals surface area contributed by atoms with Crippen molar-refractivity contribution in [3.05, 3.63) is 11.7 Å². The molecule has 2 fully saturated rings. The van der Waals surface area contributed by atoms with Gasteiger partial charge in [-0.05, 0) is 44.6 Å². The highest BCUT2D eigenvalue weighted by Gasteiger charge is 2.46. The van der Waals surface area contributed by atoms with Crippen molar-refractivity contribution in [2.45, 2.75) is 51.5 Å². The number of hydrogen-bond acceptors (Lipinski definition) is 1. The second-order valence-corrected chi connectivity index (χ2v) is 5.72. The van der Waals surface area contributed by atoms with Crippen LogP contribution in [0.1, 0.15) is 46.0 Å². The van der Waals surface area contributed by atoms with Crippen LogP contribution in [0, 0.1) is 5.92 Å². The molecule has 0 amide bonds. The maximum Gasteiger partial charge on any atom is 0.270 e. The van der Waals surface area contributed by atoms with Crippen molar-refractivity contribution in [1.29, 1.82) is 0 Å². The topological polar surface area (TPSA) is 3.24 Å². The lowest BCUT2D eigenvalue weighted by Crippen LogP contribution is -2.38. The van der Waals surface area contributed by atoms with Crippen LogP contribution in [0.15, 0.2) is 11.7 Å². The molecule has 0 aromatic heterocycles. The molecule has 1 atom stereocenters. The highest BCUT2D eigenvalue weighted by Crippen LogP contribution is 2.45. The number of nitrogens with zero attached hydrogens (tertiary/aromatic N) is 1. The van der Waals surface area contributed by atoms with Crippen molar-refractivity contribution in [3.63, 3.8) is 0 Å². The summed E-state index contributed by atoms with van der Waals surface area (Å²) in [7, 11) is 0. The lowest BCUT2D eigenvalue weighted by atomic mass is 9.85. The van der Waals surface area contributed by atoms with E-state index in [-0.39, 0.29) is 5.54 Å². The average Bonchev–Trinajstić information content (AvgIpc) is 2.70. The van der Waals surface area contributed by atoms with Gasteiger partial charge in [0.1, 0.15) is 0 Å². The Balaban J connectivity index is 2.09. The van der Waals surface area contributed by atoms with Crippen LogP contribution in [0.25, 0.3) is 0 Å². The van der Waals surface area contributed by atoms with Gasteiger partial charge in [0.15, 0.2) is 0 Å². The third-order valence-electron chi connectivity index (χ3n) is 4.12. The molecule has 0 saturated carbocycles. The molecule has 1 unspecified atom stereocenters. The van der Waals surface area contributed by atoms with Gasteiger partial charge in [0.05, 0.1) is 0 Å². The molecule has 0 aromatic carbocycles. The molecule has 0 spiro atoms. The zero-order valence-electron chi connectivity index (χ0n) is 10.2. The van der Waals surface area contributed by atoms with Gasteiger partial charge >= 0.3 is 0 Å². The minimum absolute atomic E-state index is 0.0863. The highest BCUT2D eigenvalue weighted by molar-refractivity contribution is 5.20. The molecule has 2 aliphatic heterocycles. The molecule has 0 radical (unpaired) electrons. The fraction of sp³-hybridized carbons (Fsp3) is 0.846. The molecular formula is C13H21F2N. The molecular weight excluding hydrogens is 208 g/mol. The number of hydrogen-bond donors (Lipinski definition) is 0. The second-order valence-electron chi connectivity index (χ2n) is 5.72. The highest BCUT2D eigenvalue weighted by atomic mass is 19.3. The zero-order chi connectivity index (χ0) is 11.8. The lowest BCUT2D eigenvalue weighted by Gasteiger charge is -2.32. The summed E-state index contributed by atoms with van der Waals surface area (Å²) in [6.07, 6.45) is 3.70. The van der Waals surface area contributed by atoms with E-state index >= 15 is 0 Å². The van der Waals surface area contributed by atoms with Crippen LogP contribution in [0.5, 0.6) is 0 Å². The van der Waals surface area contributed by atoms with Crippen LogP contribution in [-0.2, 0) is 0 Å². The van der Waals surface area contributed by atoms with Gasteiger partial charge in [-0.3, -0.25) is 4.90 Å². The lowest BCUT2D eigenvalue weighted by molar-refractivity contribution is 0.172. The molecule has 2 rings (SSSR count). The standard InChI is InChI=1S/C13H21F2N/c1-10(2)4-6-13-5-3-7-16(13)9-11(8-13)12(14)15/h10H,3-9H2,1-2H3. The van der Waals surface area contributed by atoms with Gasteiger partial charge < -0.3 is 0 Å². The monoisotopic (exact) mass is 229 g/mol. The van der Waals surface area contributed by atoms with Gasteiger partial charge in [-0.2, -0.15) is 8.78 Å². The van der Waals surface area contributed by atoms with Crippen LogP contribution in [-0.4, -0.2) is 23.5 Å². The van der Waals surface area contributed by atoms with Gasteiger partial charge in [-0.25, -0.2) is 0 Å². The third-order valence-corrected chi connectivity index (χ3v) is 4.12. The van der Waals surface area contributed by atoms with Crippen molar-refractivity contribution >= 4 is 0 Å². The Bertz CT molecular complexity index is 294. The molecule has 0 aliphatic carbocycles. The Morgan fingerprint density at radius 3 is 2.81 bits per heavy atom. The molecule has 92 valence electrons. The Kier molecular flexibility index (Phi) is 3.34. The van der Waals surface area contributed by atoms with E-state index in [4.69, 9.17) is 0 Å². The minimum Gasteiger partial charge on any atom is -0.293 e. The van der Waals surface area contributed by atoms with Crippen molar-refractivity contribution < 1.29 is 8.78 Å². The van der Waals surface area contributed by atoms with Gasteiger partial charge in [-0.1, -0.05) is 13.8 Å². The fourth-order valence-electron chi connectivity index (χ4n) is 3.18. The van der Waals surface area contributed by atoms with Crippen molar-refractivity contribution in [2.24, 2.45) is 5.92 Å². The number of rotatable bonds is 3. The Hall–Kier alpha value is -0.440. The summed E-state index contributed by atoms with van der Waals surface area (Å²) in [6, 6.07) is 0. The van der Waals surface area contributed by atoms with Gasteiger partial charge in [0.2, 0.25) is 0 Å². The average molecular weight is 229 g/mol. The molecule has 3 heteroatoms. The van der Waals surface area contributed by atoms with E-state index in [2.05, 4.69) is 18.7 Å². The van der Waals surface area contributed by atoms with E-state index in [1.54, 1.807) is 0 Å². The first-order valence-corrected chi connectivity index (χ1v) is 6.31. The molecule has 16 heavy (non-hydrogen) atoms. The molecule has 2 heterocycles. The SMILES string of the molecule is CC(C)CCC12CCCN1CC(=C(F)F)C2. The summed E-state index contributed by atoms with van der Waals surface area (Å²) < 4.78 is 25.3. The Morgan fingerprint density at radius 2 is 2.19 bits per heavy atom. The Labute approximate surface area is 96.5 Å². The van der Waals surface area contributed by atoms with E-state index in [0.717, 1.165) is 25.8 Å². The summed E-state index contributed by atoms with van der Waals surface area (Å²) in [4.78, 5) is 2.30. The largest absolute Gasteiger partial charge is 0.293 e. The molecule has 2 aliphatic rings. The quantitative estimate of drug-likeness (QED) is 0.711. The Morgan fingerprint density at radius 1 is 1.44 bits per heavy atom. The first kappa shape index (κ1) is 12.0. The maximum atomic E-state index is 12.7. The minimum atomic E-state index is -1.43. The van der Waals surface area contributed by atoms with Crippen LogP contribution >= 0.6 is 0 Å². The number of halogens is 2. The molecule has 0 bridgehead atoms. The fourth-order valence-corrected chi connectivity index (χ4v) is 3.18. The van der Waals surface area contributed by atoms with E-state index < -0.39 is 6.08 Å². The summed E-state index contributed by atoms with van der Waals surface area (Å²) in [6.45, 7) is 5.93. The molecule has 1 nitrogen and oxygen atoms in total. The van der Waals surface area contributed by atoms with Gasteiger partial charge in [0.25, 0.3) is 6.08 Å². The van der Waals surface area contributed by atoms with E-state index in [0.29, 0.717) is 24.5 Å². The smallest absolute Gasteiger partial charge is 0.270 e. The third kappa shape index (κ3) is 2.15. The molecule has 0 aromatic rings. The predicted molar refractivity (Wildman–Crippen MR) is 61.5 cm³/mol. The summed E-state index contributed by atoms with van der Waals surface area (Å²) in [5, 5.41) is 0. The maximum absolute atomic E-state index is 12.7. The molecule has 0 N–H and O–H groups in total. The van der Waals surface area contributed by atoms with Crippen LogP contribution in [0.3, 0.4) is 0 Å². The number of fused-ring (bicyclic) bond motifs is 1. The van der Waals surface area contributed by atoms with E-state index in [1.165, 1.54) is 6.42 Å². The van der Waals surface area contributed by atoms with Gasteiger partial charge in [0, 0.05) is 17.7 Å². The summed E-state index contributed by atoms with van der Waals surface area (Å²) in [5.41, 5.74) is 0.478. The molecule has 2 saturated heterocycles. The van der Waals surface area contributed by atoms with Crippen LogP contribution in [0.4, 0.5) is 8.78 Å². The summed E-state index contributed by atoms with van der Waals surface area (Å²) >= 11 is 0. The summed E-state index contributed by atoms with van der Waals surface area (Å²) in [5.74, 6) is 0.667. The first-order chi connectivity index (χ1) is 7.53. The van der Waals surface area contributed by atoms with Crippen molar-refractivity contribution in [3.8, 4) is 0 Å². The van der Waals surface area contributed by atoms with E-state index in [9.17, 15) is 8.78 Å².